The molecule has 0 aromatic rings. The Bertz CT molecular complexity index is 92.2. The molecule has 0 rings (SSSR count). The molecule has 0 aliphatic heterocycles. The summed E-state index contributed by atoms with van der Waals surface area (Å²) in [4.78, 5) is 10.1. The van der Waals surface area contributed by atoms with Crippen LogP contribution in [-0.2, 0) is 26.6 Å². The molecule has 0 fully saturated rings. The summed E-state index contributed by atoms with van der Waals surface area (Å²) in [5.41, 5.74) is 0. The summed E-state index contributed by atoms with van der Waals surface area (Å²) in [6.07, 6.45) is 1.05. The molecule has 0 unspecified atom stereocenters. The van der Waals surface area contributed by atoms with Crippen molar-refractivity contribution in [1.29, 1.82) is 0 Å². The molecule has 1 radical (unpaired) electrons. The van der Waals surface area contributed by atoms with Gasteiger partial charge < -0.3 is 9.84 Å². The van der Waals surface area contributed by atoms with E-state index in [4.69, 9.17) is 5.11 Å². The summed E-state index contributed by atoms with van der Waals surface area (Å²) in [5.74, 6) is -0.501. The molecule has 4 heteroatoms. The van der Waals surface area contributed by atoms with E-state index in [-0.39, 0.29) is 30.3 Å². The number of rotatable bonds is 3. The fourth-order valence-electron chi connectivity index (χ4n) is 0.205. The number of carbonyl (C=O) groups is 1. The van der Waals surface area contributed by atoms with Crippen molar-refractivity contribution in [3.05, 3.63) is 12.7 Å². The monoisotopic (exact) mass is 179 g/mol. The number of aliphatic hydroxyl groups excluding tert-OH is 1. The van der Waals surface area contributed by atoms with Gasteiger partial charge in [-0.3, -0.25) is 0 Å². The van der Waals surface area contributed by atoms with Gasteiger partial charge in [-0.2, -0.15) is 0 Å². The van der Waals surface area contributed by atoms with Crippen LogP contribution in [0, 0.1) is 0 Å². The summed E-state index contributed by atoms with van der Waals surface area (Å²) in [5, 5.41) is 8.10. The molecule has 0 aromatic heterocycles. The number of aliphatic hydroxyl groups is 1. The van der Waals surface area contributed by atoms with E-state index in [9.17, 15) is 4.79 Å². The van der Waals surface area contributed by atoms with Crippen molar-refractivity contribution in [3.63, 3.8) is 0 Å². The molecule has 0 aliphatic carbocycles. The van der Waals surface area contributed by atoms with Gasteiger partial charge in [0.2, 0.25) is 0 Å². The number of esters is 1. The van der Waals surface area contributed by atoms with Crippen LogP contribution in [0.25, 0.3) is 0 Å². The zero-order valence-corrected chi connectivity index (χ0v) is 5.71. The molecule has 9 heavy (non-hydrogen) atoms. The molecule has 0 spiro atoms. The second-order valence-corrected chi connectivity index (χ2v) is 1.10. The minimum atomic E-state index is -0.501. The van der Waals surface area contributed by atoms with Gasteiger partial charge in [0.15, 0.2) is 0 Å². The quantitative estimate of drug-likeness (QED) is 0.368. The topological polar surface area (TPSA) is 46.5 Å². The fourth-order valence-corrected chi connectivity index (χ4v) is 0.205. The van der Waals surface area contributed by atoms with Gasteiger partial charge in [0.1, 0.15) is 6.61 Å². The van der Waals surface area contributed by atoms with E-state index < -0.39 is 5.97 Å². The van der Waals surface area contributed by atoms with E-state index in [1.54, 1.807) is 0 Å². The Labute approximate surface area is 64.2 Å². The first kappa shape index (κ1) is 11.5. The van der Waals surface area contributed by atoms with Crippen molar-refractivity contribution < 1.29 is 31.7 Å². The smallest absolute Gasteiger partial charge is 0.330 e. The fraction of sp³-hybridized carbons (Fsp3) is 0.400. The van der Waals surface area contributed by atoms with Crippen LogP contribution >= 0.6 is 0 Å². The van der Waals surface area contributed by atoms with Crippen molar-refractivity contribution in [2.45, 2.75) is 0 Å². The van der Waals surface area contributed by atoms with E-state index in [1.807, 2.05) is 0 Å². The third kappa shape index (κ3) is 7.69. The first-order chi connectivity index (χ1) is 3.81. The van der Waals surface area contributed by atoms with Crippen LogP contribution in [0.1, 0.15) is 0 Å². The second-order valence-electron chi connectivity index (χ2n) is 1.10. The van der Waals surface area contributed by atoms with Crippen LogP contribution in [0.5, 0.6) is 0 Å². The van der Waals surface area contributed by atoms with E-state index in [0.717, 1.165) is 6.08 Å². The van der Waals surface area contributed by atoms with Crippen molar-refractivity contribution in [3.8, 4) is 0 Å². The average Bonchev–Trinajstić information content (AvgIpc) is 1.83. The van der Waals surface area contributed by atoms with Gasteiger partial charge in [-0.25, -0.2) is 4.79 Å². The number of carbonyl (C=O) groups excluding carboxylic acids is 1. The summed E-state index contributed by atoms with van der Waals surface area (Å²) in [6, 6.07) is 0. The largest absolute Gasteiger partial charge is 0.460 e. The molecule has 0 heterocycles. The molecular formula is C5H8CuO3. The van der Waals surface area contributed by atoms with Crippen LogP contribution in [0.15, 0.2) is 12.7 Å². The molecule has 0 atom stereocenters. The maximum Gasteiger partial charge on any atom is 0.330 e. The second kappa shape index (κ2) is 7.69. The van der Waals surface area contributed by atoms with Gasteiger partial charge in [0.25, 0.3) is 0 Å². The molecule has 1 N–H and O–H groups in total. The number of hydrogen-bond acceptors (Lipinski definition) is 3. The van der Waals surface area contributed by atoms with Crippen molar-refractivity contribution in [1.82, 2.24) is 0 Å². The third-order valence-corrected chi connectivity index (χ3v) is 0.502. The first-order valence-corrected chi connectivity index (χ1v) is 2.21. The van der Waals surface area contributed by atoms with Gasteiger partial charge in [-0.1, -0.05) is 6.58 Å². The number of ether oxygens (including phenoxy) is 1. The van der Waals surface area contributed by atoms with Crippen molar-refractivity contribution in [2.75, 3.05) is 13.2 Å². The summed E-state index contributed by atoms with van der Waals surface area (Å²) < 4.78 is 4.33. The predicted octanol–water partition coefficient (Wildman–Crippen LogP) is -0.295. The molecule has 57 valence electrons. The average molecular weight is 180 g/mol. The Morgan fingerprint density at radius 1 is 1.78 bits per heavy atom. The van der Waals surface area contributed by atoms with Crippen molar-refractivity contribution >= 4 is 5.97 Å². The van der Waals surface area contributed by atoms with E-state index in [1.165, 1.54) is 0 Å². The number of hydrogen-bond donors (Lipinski definition) is 1. The van der Waals surface area contributed by atoms with E-state index in [0.29, 0.717) is 0 Å². The molecule has 0 amide bonds. The summed E-state index contributed by atoms with van der Waals surface area (Å²) >= 11 is 0. The molecule has 0 saturated heterocycles. The molecule has 3 nitrogen and oxygen atoms in total. The Balaban J connectivity index is 0. The summed E-state index contributed by atoms with van der Waals surface area (Å²) in [7, 11) is 0. The van der Waals surface area contributed by atoms with Crippen LogP contribution in [-0.4, -0.2) is 24.3 Å². The van der Waals surface area contributed by atoms with Crippen LogP contribution in [0.4, 0.5) is 0 Å². The van der Waals surface area contributed by atoms with Gasteiger partial charge in [-0.15, -0.1) is 0 Å². The van der Waals surface area contributed by atoms with Crippen LogP contribution in [0.3, 0.4) is 0 Å². The van der Waals surface area contributed by atoms with Crippen LogP contribution in [0.2, 0.25) is 0 Å². The maximum atomic E-state index is 10.1. The van der Waals surface area contributed by atoms with Gasteiger partial charge in [0.05, 0.1) is 6.61 Å². The Morgan fingerprint density at radius 3 is 2.67 bits per heavy atom. The zero-order chi connectivity index (χ0) is 6.41. The van der Waals surface area contributed by atoms with Crippen LogP contribution < -0.4 is 0 Å². The van der Waals surface area contributed by atoms with Gasteiger partial charge in [0, 0.05) is 23.1 Å². The summed E-state index contributed by atoms with van der Waals surface area (Å²) in [6.45, 7) is 3.06. The Hall–Kier alpha value is -0.311. The van der Waals surface area contributed by atoms with Gasteiger partial charge >= 0.3 is 5.97 Å². The Kier molecular flexibility index (Phi) is 9.81. The minimum Gasteiger partial charge on any atom is -0.460 e. The van der Waals surface area contributed by atoms with E-state index >= 15 is 0 Å². The van der Waals surface area contributed by atoms with Gasteiger partial charge in [-0.05, 0) is 0 Å². The molecule has 0 saturated carbocycles. The molecule has 0 bridgehead atoms. The SMILES string of the molecule is C=CC(=O)OCCO.[Cu]. The molecule has 0 aliphatic rings. The first-order valence-electron chi connectivity index (χ1n) is 2.21. The third-order valence-electron chi connectivity index (χ3n) is 0.502. The zero-order valence-electron chi connectivity index (χ0n) is 4.76. The Morgan fingerprint density at radius 2 is 2.33 bits per heavy atom. The van der Waals surface area contributed by atoms with Crippen molar-refractivity contribution in [2.24, 2.45) is 0 Å². The predicted molar refractivity (Wildman–Crippen MR) is 28.2 cm³/mol. The standard InChI is InChI=1S/C5H8O3.Cu/c1-2-5(7)8-4-3-6;/h2,6H,1,3-4H2;. The maximum absolute atomic E-state index is 10.1. The normalized spacial score (nSPS) is 7.22. The minimum absolute atomic E-state index is 0. The molecule has 0 aromatic carbocycles. The molecular weight excluding hydrogens is 172 g/mol. The van der Waals surface area contributed by atoms with E-state index in [2.05, 4.69) is 11.3 Å².